The minimum absolute atomic E-state index is 0.0285. The first-order valence-corrected chi connectivity index (χ1v) is 21.7. The molecule has 7 aromatic rings. The number of anilines is 3. The van der Waals surface area contributed by atoms with Gasteiger partial charge in [0.1, 0.15) is 0 Å². The number of aromatic nitrogens is 1. The molecule has 2 aliphatic heterocycles. The van der Waals surface area contributed by atoms with Gasteiger partial charge in [0.05, 0.1) is 0 Å². The summed E-state index contributed by atoms with van der Waals surface area (Å²) in [5.41, 5.74) is 23.6. The molecule has 0 fully saturated rings. The Balaban J connectivity index is 1.53. The van der Waals surface area contributed by atoms with Crippen LogP contribution >= 0.6 is 0 Å². The molecule has 1 aromatic heterocycles. The van der Waals surface area contributed by atoms with E-state index in [0.717, 1.165) is 0 Å². The molecule has 0 bridgehead atoms. The summed E-state index contributed by atoms with van der Waals surface area (Å²) in [4.78, 5) is 2.59. The molecule has 3 heterocycles. The zero-order valence-corrected chi connectivity index (χ0v) is 37.9. The Morgan fingerprint density at radius 3 is 1.61 bits per heavy atom. The summed E-state index contributed by atoms with van der Waals surface area (Å²) in [7, 11) is 0. The van der Waals surface area contributed by atoms with E-state index in [1.54, 1.807) is 0 Å². The van der Waals surface area contributed by atoms with Gasteiger partial charge in [-0.1, -0.05) is 162 Å². The van der Waals surface area contributed by atoms with Gasteiger partial charge in [-0.2, -0.15) is 0 Å². The third-order valence-corrected chi connectivity index (χ3v) is 13.2. The Labute approximate surface area is 354 Å². The Hall–Kier alpha value is -5.28. The molecule has 0 unspecified atom stereocenters. The van der Waals surface area contributed by atoms with Crippen LogP contribution in [0.15, 0.2) is 115 Å². The number of fused-ring (bicyclic) bond motifs is 4. The molecular formula is C56H61BN2. The van der Waals surface area contributed by atoms with Gasteiger partial charge in [-0.05, 0) is 133 Å². The molecule has 298 valence electrons. The van der Waals surface area contributed by atoms with E-state index in [1.807, 2.05) is 0 Å². The molecule has 3 heteroatoms. The zero-order valence-electron chi connectivity index (χ0n) is 37.9. The maximum absolute atomic E-state index is 2.78. The fourth-order valence-corrected chi connectivity index (χ4v) is 9.83. The van der Waals surface area contributed by atoms with Gasteiger partial charge in [0.25, 0.3) is 0 Å². The highest BCUT2D eigenvalue weighted by molar-refractivity contribution is 6.89. The van der Waals surface area contributed by atoms with E-state index in [1.165, 1.54) is 106 Å². The highest BCUT2D eigenvalue weighted by Crippen LogP contribution is 2.52. The number of hydrogen-bond acceptors (Lipinski definition) is 1. The van der Waals surface area contributed by atoms with E-state index in [0.29, 0.717) is 0 Å². The lowest BCUT2D eigenvalue weighted by molar-refractivity contribution is 0.589. The monoisotopic (exact) mass is 772 g/mol. The summed E-state index contributed by atoms with van der Waals surface area (Å²) in [5.74, 6) is 0. The number of nitrogens with zero attached hydrogens (tertiary/aromatic N) is 2. The third kappa shape index (κ3) is 6.22. The van der Waals surface area contributed by atoms with Crippen molar-refractivity contribution in [1.29, 1.82) is 0 Å². The SMILES string of the molecule is Cc1cccc(C)c1-c1c(-c2ccccc2)n2c3c(cc(C(C)(C)C)cc13)-c1cc(C(C)(C)C)cc3c1B2c1cc(C(C)(C)C)ccc1N3c1ccc(C(C)(C)C)cc1. The lowest BCUT2D eigenvalue weighted by atomic mass is 9.44. The first-order valence-electron chi connectivity index (χ1n) is 21.7. The van der Waals surface area contributed by atoms with E-state index in [2.05, 4.69) is 222 Å². The molecule has 0 saturated carbocycles. The largest absolute Gasteiger partial charge is 0.375 e. The highest BCUT2D eigenvalue weighted by atomic mass is 15.2. The first kappa shape index (κ1) is 39.2. The molecule has 0 atom stereocenters. The van der Waals surface area contributed by atoms with E-state index < -0.39 is 0 Å². The molecule has 0 spiro atoms. The van der Waals surface area contributed by atoms with Gasteiger partial charge in [0.15, 0.2) is 0 Å². The van der Waals surface area contributed by atoms with E-state index in [4.69, 9.17) is 0 Å². The van der Waals surface area contributed by atoms with E-state index in [-0.39, 0.29) is 28.5 Å². The summed E-state index contributed by atoms with van der Waals surface area (Å²) < 4.78 is 2.78. The first-order chi connectivity index (χ1) is 27.6. The number of aryl methyl sites for hydroxylation is 2. The second-order valence-electron chi connectivity index (χ2n) is 21.7. The fourth-order valence-electron chi connectivity index (χ4n) is 9.83. The van der Waals surface area contributed by atoms with Gasteiger partial charge in [-0.3, -0.25) is 0 Å². The van der Waals surface area contributed by atoms with Crippen molar-refractivity contribution >= 4 is 45.7 Å². The molecule has 0 saturated heterocycles. The summed E-state index contributed by atoms with van der Waals surface area (Å²) >= 11 is 0. The van der Waals surface area contributed by atoms with Crippen LogP contribution in [-0.2, 0) is 21.7 Å². The molecule has 2 aliphatic rings. The molecule has 59 heavy (non-hydrogen) atoms. The van der Waals surface area contributed by atoms with Crippen LogP contribution in [0, 0.1) is 13.8 Å². The summed E-state index contributed by atoms with van der Waals surface area (Å²) in [5, 5.41) is 1.34. The van der Waals surface area contributed by atoms with Crippen molar-refractivity contribution in [3.63, 3.8) is 0 Å². The van der Waals surface area contributed by atoms with E-state index >= 15 is 0 Å². The van der Waals surface area contributed by atoms with Crippen LogP contribution in [0.25, 0.3) is 44.4 Å². The Morgan fingerprint density at radius 1 is 0.458 bits per heavy atom. The van der Waals surface area contributed by atoms with Crippen LogP contribution in [0.2, 0.25) is 0 Å². The standard InChI is InChI=1S/C56H61BN2/c1-34-19-18-20-35(2)48(34)49-44-31-39(55(9,10)11)30-43-42-29-40(56(12,13)14)33-47-50(42)57(59(52(43)44)51(49)36-21-16-15-17-22-36)45-32-38(54(6,7)8)25-28-46(45)58(47)41-26-23-37(24-27-41)53(3,4)5/h15-33H,1-14H3. The quantitative estimate of drug-likeness (QED) is 0.162. The van der Waals surface area contributed by atoms with Crippen molar-refractivity contribution in [3.05, 3.63) is 149 Å². The molecule has 0 amide bonds. The Bertz CT molecular complexity index is 2790. The summed E-state index contributed by atoms with van der Waals surface area (Å²) in [6.45, 7) is 32.7. The summed E-state index contributed by atoms with van der Waals surface area (Å²) in [6.07, 6.45) is 0. The van der Waals surface area contributed by atoms with Crippen molar-refractivity contribution in [2.45, 2.75) is 119 Å². The highest BCUT2D eigenvalue weighted by Gasteiger charge is 2.45. The number of rotatable bonds is 3. The minimum Gasteiger partial charge on any atom is -0.375 e. The lowest BCUT2D eigenvalue weighted by Crippen LogP contribution is -2.57. The minimum atomic E-state index is -0.0715. The van der Waals surface area contributed by atoms with Gasteiger partial charge in [-0.25, -0.2) is 0 Å². The smallest absolute Gasteiger partial charge is 0.333 e. The second kappa shape index (κ2) is 13.1. The predicted molar refractivity (Wildman–Crippen MR) is 258 cm³/mol. The number of hydrogen-bond donors (Lipinski definition) is 0. The van der Waals surface area contributed by atoms with Crippen LogP contribution in [-0.4, -0.2) is 11.3 Å². The van der Waals surface area contributed by atoms with Crippen molar-refractivity contribution in [1.82, 2.24) is 4.48 Å². The molecule has 2 nitrogen and oxygen atoms in total. The van der Waals surface area contributed by atoms with Crippen LogP contribution < -0.4 is 15.8 Å². The van der Waals surface area contributed by atoms with Crippen molar-refractivity contribution in [2.75, 3.05) is 4.90 Å². The average molecular weight is 773 g/mol. The van der Waals surface area contributed by atoms with Crippen molar-refractivity contribution in [3.8, 4) is 33.5 Å². The van der Waals surface area contributed by atoms with Gasteiger partial charge in [-0.15, -0.1) is 0 Å². The molecule has 6 aromatic carbocycles. The third-order valence-electron chi connectivity index (χ3n) is 13.2. The van der Waals surface area contributed by atoms with E-state index in [9.17, 15) is 0 Å². The Kier molecular flexibility index (Phi) is 8.71. The lowest BCUT2D eigenvalue weighted by Gasteiger charge is -2.42. The van der Waals surface area contributed by atoms with Gasteiger partial charge < -0.3 is 9.38 Å². The van der Waals surface area contributed by atoms with Crippen LogP contribution in [0.3, 0.4) is 0 Å². The molecule has 0 N–H and O–H groups in total. The van der Waals surface area contributed by atoms with Crippen LogP contribution in [0.5, 0.6) is 0 Å². The second-order valence-corrected chi connectivity index (χ2v) is 21.7. The van der Waals surface area contributed by atoms with Crippen molar-refractivity contribution < 1.29 is 0 Å². The Morgan fingerprint density at radius 2 is 1.02 bits per heavy atom. The average Bonchev–Trinajstić information content (AvgIpc) is 3.49. The molecule has 0 radical (unpaired) electrons. The summed E-state index contributed by atoms with van der Waals surface area (Å²) in [6, 6.07) is 45.0. The van der Waals surface area contributed by atoms with Gasteiger partial charge in [0, 0.05) is 44.8 Å². The maximum Gasteiger partial charge on any atom is 0.333 e. The van der Waals surface area contributed by atoms with Crippen LogP contribution in [0.1, 0.15) is 116 Å². The predicted octanol–water partition coefficient (Wildman–Crippen LogP) is 14.2. The number of benzene rings is 6. The molecule has 9 rings (SSSR count). The van der Waals surface area contributed by atoms with Crippen LogP contribution in [0.4, 0.5) is 17.1 Å². The van der Waals surface area contributed by atoms with Gasteiger partial charge >= 0.3 is 6.85 Å². The maximum atomic E-state index is 2.78. The zero-order chi connectivity index (χ0) is 42.1. The van der Waals surface area contributed by atoms with Crippen molar-refractivity contribution in [2.24, 2.45) is 0 Å². The van der Waals surface area contributed by atoms with Gasteiger partial charge in [0.2, 0.25) is 0 Å². The topological polar surface area (TPSA) is 8.17 Å². The fraction of sp³-hybridized carbons (Fsp3) is 0.321. The normalized spacial score (nSPS) is 13.9. The molecule has 0 aliphatic carbocycles. The molecular weight excluding hydrogens is 711 g/mol.